The molecular weight excluding hydrogens is 296 g/mol. The summed E-state index contributed by atoms with van der Waals surface area (Å²) in [5, 5.41) is 6.81. The van der Waals surface area contributed by atoms with E-state index in [-0.39, 0.29) is 6.04 Å². The molecule has 0 radical (unpaired) electrons. The van der Waals surface area contributed by atoms with Gasteiger partial charge in [0.2, 0.25) is 0 Å². The number of nitrogens with zero attached hydrogens (tertiary/aromatic N) is 2. The first kappa shape index (κ1) is 18.0. The van der Waals surface area contributed by atoms with Gasteiger partial charge in [-0.05, 0) is 49.4 Å². The summed E-state index contributed by atoms with van der Waals surface area (Å²) in [4.78, 5) is 8.64. The van der Waals surface area contributed by atoms with E-state index in [0.717, 1.165) is 31.0 Å². The molecular formula is C20H28N4. The van der Waals surface area contributed by atoms with Crippen LogP contribution >= 0.6 is 0 Å². The van der Waals surface area contributed by atoms with Crippen LogP contribution < -0.4 is 10.6 Å². The van der Waals surface area contributed by atoms with Crippen LogP contribution in [0, 0.1) is 6.92 Å². The molecule has 1 aromatic heterocycles. The van der Waals surface area contributed by atoms with Crippen LogP contribution in [0.4, 0.5) is 0 Å². The number of nitrogens with one attached hydrogen (secondary N) is 2. The van der Waals surface area contributed by atoms with Gasteiger partial charge in [-0.3, -0.25) is 9.98 Å². The van der Waals surface area contributed by atoms with Crippen molar-refractivity contribution >= 4 is 5.96 Å². The number of aromatic nitrogens is 1. The fraction of sp³-hybridized carbons (Fsp3) is 0.400. The fourth-order valence-corrected chi connectivity index (χ4v) is 2.50. The second-order valence-electron chi connectivity index (χ2n) is 6.02. The van der Waals surface area contributed by atoms with Gasteiger partial charge in [-0.15, -0.1) is 0 Å². The summed E-state index contributed by atoms with van der Waals surface area (Å²) in [6, 6.07) is 13.1. The van der Waals surface area contributed by atoms with E-state index < -0.39 is 0 Å². The number of benzene rings is 1. The van der Waals surface area contributed by atoms with Gasteiger partial charge in [0.1, 0.15) is 0 Å². The first-order chi connectivity index (χ1) is 11.6. The molecule has 0 amide bonds. The average Bonchev–Trinajstić information content (AvgIpc) is 2.62. The summed E-state index contributed by atoms with van der Waals surface area (Å²) in [5.41, 5.74) is 4.90. The summed E-state index contributed by atoms with van der Waals surface area (Å²) < 4.78 is 0. The molecule has 0 aliphatic rings. The van der Waals surface area contributed by atoms with Gasteiger partial charge in [0, 0.05) is 25.5 Å². The predicted octanol–water partition coefficient (Wildman–Crippen LogP) is 3.42. The van der Waals surface area contributed by atoms with Crippen molar-refractivity contribution in [2.45, 2.75) is 39.7 Å². The molecule has 1 aromatic carbocycles. The number of aliphatic imine (C=N–C) groups is 1. The summed E-state index contributed by atoms with van der Waals surface area (Å²) in [6.45, 7) is 7.15. The van der Waals surface area contributed by atoms with Crippen LogP contribution in [0.15, 0.2) is 47.6 Å². The van der Waals surface area contributed by atoms with E-state index in [2.05, 4.69) is 64.8 Å². The van der Waals surface area contributed by atoms with Gasteiger partial charge in [-0.25, -0.2) is 0 Å². The summed E-state index contributed by atoms with van der Waals surface area (Å²) in [6.07, 6.45) is 3.93. The normalized spacial score (nSPS) is 12.8. The molecule has 2 N–H and O–H groups in total. The summed E-state index contributed by atoms with van der Waals surface area (Å²) in [7, 11) is 1.80. The third-order valence-corrected chi connectivity index (χ3v) is 4.14. The van der Waals surface area contributed by atoms with Crippen LogP contribution in [0.5, 0.6) is 0 Å². The van der Waals surface area contributed by atoms with E-state index in [0.29, 0.717) is 0 Å². The molecule has 1 atom stereocenters. The lowest BCUT2D eigenvalue weighted by atomic mass is 10.1. The van der Waals surface area contributed by atoms with Crippen LogP contribution in [0.2, 0.25) is 0 Å². The van der Waals surface area contributed by atoms with Crippen LogP contribution in [0.25, 0.3) is 0 Å². The Hall–Kier alpha value is -2.36. The van der Waals surface area contributed by atoms with E-state index in [4.69, 9.17) is 0 Å². The van der Waals surface area contributed by atoms with E-state index in [1.807, 2.05) is 19.2 Å². The monoisotopic (exact) mass is 324 g/mol. The minimum atomic E-state index is 0.211. The van der Waals surface area contributed by atoms with E-state index in [9.17, 15) is 0 Å². The Kier molecular flexibility index (Phi) is 6.79. The quantitative estimate of drug-likeness (QED) is 0.632. The molecule has 24 heavy (non-hydrogen) atoms. The van der Waals surface area contributed by atoms with Crippen molar-refractivity contribution in [2.75, 3.05) is 13.6 Å². The van der Waals surface area contributed by atoms with Crippen molar-refractivity contribution in [1.29, 1.82) is 0 Å². The maximum Gasteiger partial charge on any atom is 0.191 e. The van der Waals surface area contributed by atoms with Crippen LogP contribution in [-0.2, 0) is 12.8 Å². The Morgan fingerprint density at radius 3 is 2.42 bits per heavy atom. The highest BCUT2D eigenvalue weighted by atomic mass is 15.2. The maximum atomic E-state index is 4.33. The molecule has 2 aromatic rings. The number of pyridine rings is 1. The molecule has 0 bridgehead atoms. The number of rotatable bonds is 6. The Balaban J connectivity index is 1.83. The number of guanidine groups is 1. The lowest BCUT2D eigenvalue weighted by Gasteiger charge is -2.18. The first-order valence-electron chi connectivity index (χ1n) is 8.60. The SMILES string of the molecule is CCc1ccc(C(C)NC(=NC)NCCc2ccc(C)nc2)cc1. The third kappa shape index (κ3) is 5.37. The van der Waals surface area contributed by atoms with Gasteiger partial charge in [0.05, 0.1) is 6.04 Å². The number of hydrogen-bond acceptors (Lipinski definition) is 2. The van der Waals surface area contributed by atoms with Gasteiger partial charge >= 0.3 is 0 Å². The van der Waals surface area contributed by atoms with Crippen LogP contribution in [-0.4, -0.2) is 24.5 Å². The second-order valence-corrected chi connectivity index (χ2v) is 6.02. The molecule has 0 aliphatic carbocycles. The molecule has 4 heteroatoms. The molecule has 0 aliphatic heterocycles. The number of aryl methyl sites for hydroxylation is 2. The molecule has 4 nitrogen and oxygen atoms in total. The van der Waals surface area contributed by atoms with Crippen molar-refractivity contribution in [3.63, 3.8) is 0 Å². The van der Waals surface area contributed by atoms with Gasteiger partial charge in [-0.2, -0.15) is 0 Å². The van der Waals surface area contributed by atoms with E-state index in [1.165, 1.54) is 16.7 Å². The highest BCUT2D eigenvalue weighted by Crippen LogP contribution is 2.13. The molecule has 1 unspecified atom stereocenters. The van der Waals surface area contributed by atoms with Gasteiger partial charge in [0.15, 0.2) is 5.96 Å². The third-order valence-electron chi connectivity index (χ3n) is 4.14. The zero-order valence-corrected chi connectivity index (χ0v) is 15.1. The molecule has 0 spiro atoms. The molecule has 0 fully saturated rings. The number of hydrogen-bond donors (Lipinski definition) is 2. The molecule has 2 rings (SSSR count). The van der Waals surface area contributed by atoms with Crippen molar-refractivity contribution in [1.82, 2.24) is 15.6 Å². The first-order valence-corrected chi connectivity index (χ1v) is 8.60. The molecule has 0 saturated heterocycles. The Morgan fingerprint density at radius 2 is 1.83 bits per heavy atom. The maximum absolute atomic E-state index is 4.33. The molecule has 0 saturated carbocycles. The van der Waals surface area contributed by atoms with Gasteiger partial charge in [0.25, 0.3) is 0 Å². The summed E-state index contributed by atoms with van der Waals surface area (Å²) in [5.74, 6) is 0.821. The highest BCUT2D eigenvalue weighted by Gasteiger charge is 2.07. The highest BCUT2D eigenvalue weighted by molar-refractivity contribution is 5.80. The van der Waals surface area contributed by atoms with Gasteiger partial charge in [-0.1, -0.05) is 37.3 Å². The molecule has 1 heterocycles. The standard InChI is InChI=1S/C20H28N4/c1-5-17-8-10-19(11-9-17)16(3)24-20(21-4)22-13-12-18-7-6-15(2)23-14-18/h6-11,14,16H,5,12-13H2,1-4H3,(H2,21,22,24). The van der Waals surface area contributed by atoms with Crippen molar-refractivity contribution in [3.8, 4) is 0 Å². The lowest BCUT2D eigenvalue weighted by Crippen LogP contribution is -2.39. The fourth-order valence-electron chi connectivity index (χ4n) is 2.50. The minimum absolute atomic E-state index is 0.211. The second kappa shape index (κ2) is 9.06. The van der Waals surface area contributed by atoms with Crippen molar-refractivity contribution in [3.05, 3.63) is 65.0 Å². The van der Waals surface area contributed by atoms with Crippen molar-refractivity contribution < 1.29 is 0 Å². The van der Waals surface area contributed by atoms with E-state index >= 15 is 0 Å². The van der Waals surface area contributed by atoms with E-state index in [1.54, 1.807) is 7.05 Å². The zero-order chi connectivity index (χ0) is 17.4. The van der Waals surface area contributed by atoms with Crippen LogP contribution in [0.3, 0.4) is 0 Å². The summed E-state index contributed by atoms with van der Waals surface area (Å²) >= 11 is 0. The van der Waals surface area contributed by atoms with Crippen LogP contribution in [0.1, 0.15) is 42.3 Å². The Morgan fingerprint density at radius 1 is 1.12 bits per heavy atom. The molecule has 128 valence electrons. The average molecular weight is 324 g/mol. The Labute approximate surface area is 145 Å². The Bertz CT molecular complexity index is 644. The lowest BCUT2D eigenvalue weighted by molar-refractivity contribution is 0.684. The van der Waals surface area contributed by atoms with Crippen molar-refractivity contribution in [2.24, 2.45) is 4.99 Å². The van der Waals surface area contributed by atoms with Gasteiger partial charge < -0.3 is 10.6 Å². The predicted molar refractivity (Wildman–Crippen MR) is 101 cm³/mol. The smallest absolute Gasteiger partial charge is 0.191 e. The zero-order valence-electron chi connectivity index (χ0n) is 15.1. The minimum Gasteiger partial charge on any atom is -0.356 e. The topological polar surface area (TPSA) is 49.3 Å². The largest absolute Gasteiger partial charge is 0.356 e.